The lowest BCUT2D eigenvalue weighted by Crippen LogP contribution is -2.40. The summed E-state index contributed by atoms with van der Waals surface area (Å²) in [6.45, 7) is 4.47. The van der Waals surface area contributed by atoms with Gasteiger partial charge in [0.1, 0.15) is 0 Å². The highest BCUT2D eigenvalue weighted by Gasteiger charge is 2.18. The van der Waals surface area contributed by atoms with E-state index >= 15 is 0 Å². The third-order valence-corrected chi connectivity index (χ3v) is 3.50. The fourth-order valence-electron chi connectivity index (χ4n) is 2.02. The average Bonchev–Trinajstić information content (AvgIpc) is 2.55. The van der Waals surface area contributed by atoms with E-state index in [4.69, 9.17) is 10.5 Å². The summed E-state index contributed by atoms with van der Waals surface area (Å²) in [5.41, 5.74) is 6.73. The van der Waals surface area contributed by atoms with Crippen LogP contribution in [-0.2, 0) is 9.53 Å². The molecule has 122 valence electrons. The zero-order valence-corrected chi connectivity index (χ0v) is 13.4. The molecule has 1 saturated heterocycles. The van der Waals surface area contributed by atoms with E-state index in [1.807, 2.05) is 0 Å². The molecule has 1 unspecified atom stereocenters. The summed E-state index contributed by atoms with van der Waals surface area (Å²) in [7, 11) is 0. The minimum atomic E-state index is -0.236. The Labute approximate surface area is 136 Å². The van der Waals surface area contributed by atoms with Crippen LogP contribution in [0.3, 0.4) is 0 Å². The van der Waals surface area contributed by atoms with Gasteiger partial charge in [0.2, 0.25) is 5.91 Å². The maximum absolute atomic E-state index is 12.3. The Kier molecular flexibility index (Phi) is 7.31. The molecule has 0 aliphatic carbocycles. The van der Waals surface area contributed by atoms with E-state index in [-0.39, 0.29) is 30.1 Å². The number of carbonyl (C=O) groups is 2. The van der Waals surface area contributed by atoms with E-state index < -0.39 is 0 Å². The second-order valence-corrected chi connectivity index (χ2v) is 5.11. The van der Waals surface area contributed by atoms with Crippen LogP contribution >= 0.6 is 12.4 Å². The molecule has 0 saturated carbocycles. The standard InChI is InChI=1S/C15H21N3O3.ClH/c1-11(10-16)14(19)17-13-4-2-12(3-5-13)15(20)18-6-8-21-9-7-18;/h2-5,11H,6-10,16H2,1H3,(H,17,19);1H. The van der Waals surface area contributed by atoms with Crippen LogP contribution in [0, 0.1) is 5.92 Å². The van der Waals surface area contributed by atoms with Crippen LogP contribution in [0.1, 0.15) is 17.3 Å². The van der Waals surface area contributed by atoms with E-state index in [9.17, 15) is 9.59 Å². The number of hydrogen-bond donors (Lipinski definition) is 2. The second-order valence-electron chi connectivity index (χ2n) is 5.11. The lowest BCUT2D eigenvalue weighted by Gasteiger charge is -2.26. The van der Waals surface area contributed by atoms with Crippen molar-refractivity contribution in [3.8, 4) is 0 Å². The van der Waals surface area contributed by atoms with Crippen LogP contribution in [0.15, 0.2) is 24.3 Å². The molecule has 1 atom stereocenters. The number of halogens is 1. The second kappa shape index (κ2) is 8.73. The molecule has 3 N–H and O–H groups in total. The van der Waals surface area contributed by atoms with Crippen LogP contribution in [0.2, 0.25) is 0 Å². The van der Waals surface area contributed by atoms with Crippen molar-refractivity contribution in [3.05, 3.63) is 29.8 Å². The fourth-order valence-corrected chi connectivity index (χ4v) is 2.02. The SMILES string of the molecule is CC(CN)C(=O)Nc1ccc(C(=O)N2CCOCC2)cc1.Cl. The first kappa shape index (κ1) is 18.4. The van der Waals surface area contributed by atoms with E-state index in [2.05, 4.69) is 5.32 Å². The van der Waals surface area contributed by atoms with Gasteiger partial charge in [0.05, 0.1) is 13.2 Å². The third-order valence-electron chi connectivity index (χ3n) is 3.50. The molecule has 0 bridgehead atoms. The summed E-state index contributed by atoms with van der Waals surface area (Å²) in [5.74, 6) is -0.365. The molecule has 1 fully saturated rings. The molecule has 2 rings (SSSR count). The molecule has 1 heterocycles. The molecule has 0 spiro atoms. The number of rotatable bonds is 4. The number of hydrogen-bond acceptors (Lipinski definition) is 4. The minimum Gasteiger partial charge on any atom is -0.378 e. The Morgan fingerprint density at radius 2 is 1.86 bits per heavy atom. The number of nitrogens with zero attached hydrogens (tertiary/aromatic N) is 1. The molecule has 6 nitrogen and oxygen atoms in total. The van der Waals surface area contributed by atoms with Crippen molar-refractivity contribution in [1.82, 2.24) is 4.90 Å². The molecule has 0 radical (unpaired) electrons. The monoisotopic (exact) mass is 327 g/mol. The largest absolute Gasteiger partial charge is 0.378 e. The first-order valence-electron chi connectivity index (χ1n) is 7.10. The Balaban J connectivity index is 0.00000242. The van der Waals surface area contributed by atoms with Gasteiger partial charge in [-0.25, -0.2) is 0 Å². The maximum Gasteiger partial charge on any atom is 0.254 e. The van der Waals surface area contributed by atoms with Gasteiger partial charge >= 0.3 is 0 Å². The zero-order valence-electron chi connectivity index (χ0n) is 12.6. The molecular weight excluding hydrogens is 306 g/mol. The first-order valence-corrected chi connectivity index (χ1v) is 7.10. The van der Waals surface area contributed by atoms with Crippen molar-refractivity contribution in [2.75, 3.05) is 38.2 Å². The highest BCUT2D eigenvalue weighted by Crippen LogP contribution is 2.13. The Morgan fingerprint density at radius 3 is 2.41 bits per heavy atom. The highest BCUT2D eigenvalue weighted by atomic mass is 35.5. The Morgan fingerprint density at radius 1 is 1.27 bits per heavy atom. The van der Waals surface area contributed by atoms with Gasteiger partial charge in [0.25, 0.3) is 5.91 Å². The van der Waals surface area contributed by atoms with E-state index in [0.29, 0.717) is 44.1 Å². The van der Waals surface area contributed by atoms with Gasteiger partial charge in [-0.2, -0.15) is 0 Å². The summed E-state index contributed by atoms with van der Waals surface area (Å²) in [4.78, 5) is 25.8. The molecule has 22 heavy (non-hydrogen) atoms. The van der Waals surface area contributed by atoms with E-state index in [0.717, 1.165) is 0 Å². The van der Waals surface area contributed by atoms with Gasteiger partial charge in [0, 0.05) is 36.8 Å². The minimum absolute atomic E-state index is 0. The van der Waals surface area contributed by atoms with Gasteiger partial charge < -0.3 is 20.7 Å². The maximum atomic E-state index is 12.3. The number of nitrogens with one attached hydrogen (secondary N) is 1. The predicted molar refractivity (Wildman–Crippen MR) is 87.3 cm³/mol. The van der Waals surface area contributed by atoms with Crippen LogP contribution in [0.5, 0.6) is 0 Å². The van der Waals surface area contributed by atoms with Gasteiger partial charge in [-0.15, -0.1) is 12.4 Å². The molecule has 1 aliphatic heterocycles. The van der Waals surface area contributed by atoms with Crippen LogP contribution in [0.25, 0.3) is 0 Å². The fraction of sp³-hybridized carbons (Fsp3) is 0.467. The Hall–Kier alpha value is -1.63. The van der Waals surface area contributed by atoms with Crippen molar-refractivity contribution in [2.24, 2.45) is 11.7 Å². The number of amides is 2. The molecule has 2 amide bonds. The topological polar surface area (TPSA) is 84.7 Å². The molecule has 1 aromatic rings. The summed E-state index contributed by atoms with van der Waals surface area (Å²) >= 11 is 0. The number of carbonyl (C=O) groups excluding carboxylic acids is 2. The quantitative estimate of drug-likeness (QED) is 0.867. The average molecular weight is 328 g/mol. The Bertz CT molecular complexity index is 501. The molecular formula is C15H22ClN3O3. The predicted octanol–water partition coefficient (Wildman–Crippen LogP) is 1.11. The van der Waals surface area contributed by atoms with Crippen LogP contribution in [-0.4, -0.2) is 49.6 Å². The summed E-state index contributed by atoms with van der Waals surface area (Å²) in [6.07, 6.45) is 0. The first-order chi connectivity index (χ1) is 10.1. The van der Waals surface area contributed by atoms with Crippen molar-refractivity contribution in [3.63, 3.8) is 0 Å². The molecule has 7 heteroatoms. The number of anilines is 1. The normalized spacial score (nSPS) is 15.6. The summed E-state index contributed by atoms with van der Waals surface area (Å²) < 4.78 is 5.23. The van der Waals surface area contributed by atoms with E-state index in [1.54, 1.807) is 36.1 Å². The highest BCUT2D eigenvalue weighted by molar-refractivity contribution is 5.96. The lowest BCUT2D eigenvalue weighted by molar-refractivity contribution is -0.119. The lowest BCUT2D eigenvalue weighted by atomic mass is 10.1. The van der Waals surface area contributed by atoms with Crippen molar-refractivity contribution in [1.29, 1.82) is 0 Å². The van der Waals surface area contributed by atoms with E-state index in [1.165, 1.54) is 0 Å². The van der Waals surface area contributed by atoms with Crippen LogP contribution < -0.4 is 11.1 Å². The number of nitrogens with two attached hydrogens (primary N) is 1. The third kappa shape index (κ3) is 4.69. The van der Waals surface area contributed by atoms with Crippen molar-refractivity contribution in [2.45, 2.75) is 6.92 Å². The summed E-state index contributed by atoms with van der Waals surface area (Å²) in [5, 5.41) is 2.77. The zero-order chi connectivity index (χ0) is 15.2. The number of benzene rings is 1. The van der Waals surface area contributed by atoms with Crippen LogP contribution in [0.4, 0.5) is 5.69 Å². The molecule has 1 aromatic carbocycles. The van der Waals surface area contributed by atoms with Gasteiger partial charge in [-0.05, 0) is 24.3 Å². The number of ether oxygens (including phenoxy) is 1. The van der Waals surface area contributed by atoms with Gasteiger partial charge in [-0.3, -0.25) is 9.59 Å². The van der Waals surface area contributed by atoms with Crippen molar-refractivity contribution < 1.29 is 14.3 Å². The molecule has 0 aromatic heterocycles. The smallest absolute Gasteiger partial charge is 0.254 e. The molecule has 1 aliphatic rings. The summed E-state index contributed by atoms with van der Waals surface area (Å²) in [6, 6.07) is 6.91. The van der Waals surface area contributed by atoms with Gasteiger partial charge in [0.15, 0.2) is 0 Å². The number of morpholine rings is 1. The van der Waals surface area contributed by atoms with Crippen molar-refractivity contribution >= 4 is 29.9 Å². The van der Waals surface area contributed by atoms with Gasteiger partial charge in [-0.1, -0.05) is 6.92 Å².